The number of aliphatic imine (C=N–C) groups is 1. The molecule has 0 fully saturated rings. The first kappa shape index (κ1) is 33.5. The van der Waals surface area contributed by atoms with Crippen molar-refractivity contribution in [3.05, 3.63) is 173 Å². The lowest BCUT2D eigenvalue weighted by molar-refractivity contribution is 0.525. The number of hydrogen-bond donors (Lipinski definition) is 1. The molecule has 0 spiro atoms. The minimum atomic E-state index is -0.115. The highest BCUT2D eigenvalue weighted by molar-refractivity contribution is 7.23. The van der Waals surface area contributed by atoms with Crippen LogP contribution in [0.1, 0.15) is 62.9 Å². The van der Waals surface area contributed by atoms with Crippen molar-refractivity contribution in [3.63, 3.8) is 0 Å². The molecule has 2 N–H and O–H groups in total. The van der Waals surface area contributed by atoms with Gasteiger partial charge in [-0.1, -0.05) is 125 Å². The molecule has 0 radical (unpaired) electrons. The Balaban J connectivity index is 1.21. The first-order valence-corrected chi connectivity index (χ1v) is 19.5. The lowest BCUT2D eigenvalue weighted by Crippen LogP contribution is -2.33. The summed E-state index contributed by atoms with van der Waals surface area (Å²) in [5.74, 6) is 0. The van der Waals surface area contributed by atoms with E-state index in [1.165, 1.54) is 59.8 Å². The number of rotatable bonds is 5. The number of benzene rings is 5. The second-order valence-electron chi connectivity index (χ2n) is 16.4. The Morgan fingerprint density at radius 1 is 0.774 bits per heavy atom. The normalized spacial score (nSPS) is 20.1. The summed E-state index contributed by atoms with van der Waals surface area (Å²) in [6, 6.07) is 42.3. The molecule has 3 heterocycles. The molecule has 2 atom stereocenters. The van der Waals surface area contributed by atoms with Crippen molar-refractivity contribution < 1.29 is 0 Å². The number of quaternary nitrogens is 1. The Hall–Kier alpha value is -5.29. The van der Waals surface area contributed by atoms with E-state index in [2.05, 4.69) is 181 Å². The van der Waals surface area contributed by atoms with Gasteiger partial charge in [-0.3, -0.25) is 4.99 Å². The summed E-state index contributed by atoms with van der Waals surface area (Å²) in [7, 11) is 2.43. The first-order chi connectivity index (χ1) is 25.4. The number of nitrogens with zero attached hydrogens (tertiary/aromatic N) is 2. The zero-order valence-corrected chi connectivity index (χ0v) is 32.3. The van der Waals surface area contributed by atoms with E-state index in [9.17, 15) is 0 Å². The van der Waals surface area contributed by atoms with Gasteiger partial charge in [0.2, 0.25) is 0 Å². The van der Waals surface area contributed by atoms with Crippen molar-refractivity contribution in [2.45, 2.75) is 52.5 Å². The minimum absolute atomic E-state index is 0.0578. The average Bonchev–Trinajstić information content (AvgIpc) is 3.60. The smallest absolute Gasteiger partial charge is 0.169 e. The van der Waals surface area contributed by atoms with Gasteiger partial charge in [-0.15, -0.1) is 11.3 Å². The lowest BCUT2D eigenvalue weighted by Gasteiger charge is -2.32. The summed E-state index contributed by atoms with van der Waals surface area (Å²) in [5, 5.41) is 1.35. The number of thiophene rings is 1. The number of fused-ring (bicyclic) bond motifs is 7. The maximum absolute atomic E-state index is 6.86. The van der Waals surface area contributed by atoms with E-state index in [4.69, 9.17) is 10.7 Å². The molecule has 0 amide bonds. The summed E-state index contributed by atoms with van der Waals surface area (Å²) in [6.07, 6.45) is 9.58. The molecule has 9 rings (SSSR count). The molecule has 0 saturated carbocycles. The molecular formula is C49H46N3S+. The van der Waals surface area contributed by atoms with Crippen molar-refractivity contribution in [3.8, 4) is 21.6 Å². The largest absolute Gasteiger partial charge is 0.398 e. The third kappa shape index (κ3) is 5.38. The van der Waals surface area contributed by atoms with E-state index in [0.29, 0.717) is 4.48 Å². The Kier molecular flexibility index (Phi) is 7.67. The highest BCUT2D eigenvalue weighted by Crippen LogP contribution is 2.66. The predicted octanol–water partition coefficient (Wildman–Crippen LogP) is 12.9. The maximum Gasteiger partial charge on any atom is 0.169 e. The van der Waals surface area contributed by atoms with Gasteiger partial charge in [-0.2, -0.15) is 0 Å². The SMILES string of the molecule is CC(/N=C(\C1=C(N)C=CC(C)(C)C=C1)c1cccc(-c2ccccc2)c1)c1ccc2c(c1)CC(C)(C)c1cccc3c1[N+]2(C)c1c-3sc2ccccc12. The van der Waals surface area contributed by atoms with Crippen LogP contribution in [0.25, 0.3) is 31.7 Å². The third-order valence-electron chi connectivity index (χ3n) is 11.7. The Morgan fingerprint density at radius 2 is 1.51 bits per heavy atom. The molecule has 0 bridgehead atoms. The molecule has 2 aliphatic heterocycles. The second-order valence-corrected chi connectivity index (χ2v) is 17.4. The van der Waals surface area contributed by atoms with Crippen LogP contribution in [0.2, 0.25) is 0 Å². The zero-order valence-electron chi connectivity index (χ0n) is 31.4. The van der Waals surface area contributed by atoms with E-state index in [0.717, 1.165) is 34.5 Å². The zero-order chi connectivity index (χ0) is 36.7. The number of nitrogens with two attached hydrogens (primary N) is 1. The van der Waals surface area contributed by atoms with Gasteiger partial charge in [-0.05, 0) is 71.9 Å². The van der Waals surface area contributed by atoms with Crippen LogP contribution in [-0.2, 0) is 11.8 Å². The van der Waals surface area contributed by atoms with Gasteiger partial charge >= 0.3 is 0 Å². The fraction of sp³-hybridized carbons (Fsp3) is 0.204. The summed E-state index contributed by atoms with van der Waals surface area (Å²) in [6.45, 7) is 11.5. The minimum Gasteiger partial charge on any atom is -0.398 e. The van der Waals surface area contributed by atoms with E-state index in [-0.39, 0.29) is 16.9 Å². The lowest BCUT2D eigenvalue weighted by atomic mass is 9.78. The van der Waals surface area contributed by atoms with Crippen molar-refractivity contribution in [2.24, 2.45) is 16.1 Å². The monoisotopic (exact) mass is 708 g/mol. The van der Waals surface area contributed by atoms with E-state index in [1.54, 1.807) is 0 Å². The molecule has 1 aliphatic carbocycles. The van der Waals surface area contributed by atoms with Gasteiger partial charge in [0, 0.05) is 44.1 Å². The van der Waals surface area contributed by atoms with Gasteiger partial charge < -0.3 is 5.73 Å². The molecule has 0 saturated heterocycles. The highest BCUT2D eigenvalue weighted by atomic mass is 32.1. The molecule has 3 nitrogen and oxygen atoms in total. The quantitative estimate of drug-likeness (QED) is 0.140. The molecule has 53 heavy (non-hydrogen) atoms. The number of hydrogen-bond acceptors (Lipinski definition) is 3. The van der Waals surface area contributed by atoms with Gasteiger partial charge in [0.25, 0.3) is 0 Å². The van der Waals surface area contributed by atoms with Gasteiger partial charge in [0.1, 0.15) is 10.6 Å². The second kappa shape index (κ2) is 12.1. The van der Waals surface area contributed by atoms with Crippen molar-refractivity contribution in [2.75, 3.05) is 7.05 Å². The first-order valence-electron chi connectivity index (χ1n) is 18.7. The van der Waals surface area contributed by atoms with E-state index < -0.39 is 0 Å². The van der Waals surface area contributed by atoms with Crippen molar-refractivity contribution in [1.82, 2.24) is 4.48 Å². The molecule has 5 aromatic carbocycles. The molecule has 1 aromatic heterocycles. The summed E-state index contributed by atoms with van der Waals surface area (Å²) < 4.78 is 2.04. The maximum atomic E-state index is 6.86. The van der Waals surface area contributed by atoms with Gasteiger partial charge in [0.15, 0.2) is 11.4 Å². The summed E-state index contributed by atoms with van der Waals surface area (Å²) >= 11 is 1.93. The van der Waals surface area contributed by atoms with Crippen LogP contribution >= 0.6 is 11.3 Å². The van der Waals surface area contributed by atoms with Crippen LogP contribution in [0.3, 0.4) is 0 Å². The standard InChI is InChI=1S/C49H46N3S/c1-31(51-44(37-24-26-48(2,3)27-25-41(37)50)35-17-12-16-34(29-35)32-14-8-7-9-15-32)33-22-23-42-36(28-33)30-49(4,5)40-20-13-19-39-45(40)52(42,6)46-38-18-10-11-21-43(38)53-47(39)46/h7-29,31H,30,50H2,1-6H3/q+1/b51-44-. The molecule has 4 heteroatoms. The van der Waals surface area contributed by atoms with Crippen LogP contribution in [-0.4, -0.2) is 12.8 Å². The van der Waals surface area contributed by atoms with Gasteiger partial charge in [-0.25, -0.2) is 4.48 Å². The van der Waals surface area contributed by atoms with E-state index in [1.807, 2.05) is 11.3 Å². The number of para-hydroxylation sites is 1. The third-order valence-corrected chi connectivity index (χ3v) is 12.9. The van der Waals surface area contributed by atoms with Crippen LogP contribution in [0.4, 0.5) is 17.1 Å². The fourth-order valence-corrected chi connectivity index (χ4v) is 10.2. The number of allylic oxidation sites excluding steroid dienone is 5. The van der Waals surface area contributed by atoms with Crippen molar-refractivity contribution >= 4 is 44.2 Å². The molecule has 2 unspecified atom stereocenters. The van der Waals surface area contributed by atoms with Crippen molar-refractivity contribution in [1.29, 1.82) is 0 Å². The Labute approximate surface area is 317 Å². The van der Waals surface area contributed by atoms with Crippen LogP contribution < -0.4 is 10.2 Å². The molecular weight excluding hydrogens is 663 g/mol. The fourth-order valence-electron chi connectivity index (χ4n) is 8.88. The summed E-state index contributed by atoms with van der Waals surface area (Å²) in [4.78, 5) is 6.99. The highest BCUT2D eigenvalue weighted by Gasteiger charge is 2.52. The van der Waals surface area contributed by atoms with Crippen LogP contribution in [0.15, 0.2) is 156 Å². The average molecular weight is 709 g/mol. The molecule has 262 valence electrons. The van der Waals surface area contributed by atoms with Crippen LogP contribution in [0, 0.1) is 5.41 Å². The van der Waals surface area contributed by atoms with E-state index >= 15 is 0 Å². The summed E-state index contributed by atoms with van der Waals surface area (Å²) in [5.41, 5.74) is 22.3. The molecule has 6 aromatic rings. The Morgan fingerprint density at radius 3 is 2.34 bits per heavy atom. The van der Waals surface area contributed by atoms with Gasteiger partial charge in [0.05, 0.1) is 29.8 Å². The van der Waals surface area contributed by atoms with Crippen LogP contribution in [0.5, 0.6) is 0 Å². The Bertz CT molecular complexity index is 2580. The predicted molar refractivity (Wildman–Crippen MR) is 228 cm³/mol. The topological polar surface area (TPSA) is 38.4 Å². The molecule has 3 aliphatic rings.